The number of benzene rings is 2. The van der Waals surface area contributed by atoms with E-state index in [9.17, 15) is 34.8 Å². The second-order valence-corrected chi connectivity index (χ2v) is 8.41. The molecule has 0 spiro atoms. The molecule has 0 radical (unpaired) electrons. The Morgan fingerprint density at radius 3 is 2.37 bits per heavy atom. The van der Waals surface area contributed by atoms with Gasteiger partial charge in [0, 0.05) is 12.1 Å². The van der Waals surface area contributed by atoms with Gasteiger partial charge in [-0.1, -0.05) is 12.1 Å². The van der Waals surface area contributed by atoms with E-state index in [1.165, 1.54) is 49.8 Å². The van der Waals surface area contributed by atoms with E-state index in [0.29, 0.717) is 11.3 Å². The summed E-state index contributed by atoms with van der Waals surface area (Å²) in [5.74, 6) is -2.31. The van der Waals surface area contributed by atoms with Gasteiger partial charge in [0.05, 0.1) is 12.7 Å². The van der Waals surface area contributed by atoms with Crippen molar-refractivity contribution in [3.05, 3.63) is 52.9 Å². The van der Waals surface area contributed by atoms with Crippen molar-refractivity contribution in [1.82, 2.24) is 0 Å². The number of phenols is 1. The van der Waals surface area contributed by atoms with Crippen molar-refractivity contribution in [3.63, 3.8) is 0 Å². The molecule has 1 aliphatic rings. The lowest BCUT2D eigenvalue weighted by Gasteiger charge is -2.39. The third-order valence-corrected chi connectivity index (χ3v) is 5.86. The highest BCUT2D eigenvalue weighted by Gasteiger charge is 2.45. The van der Waals surface area contributed by atoms with E-state index in [1.54, 1.807) is 0 Å². The Morgan fingerprint density at radius 1 is 1.00 bits per heavy atom. The maximum absolute atomic E-state index is 13.0. The zero-order valence-electron chi connectivity index (χ0n) is 19.8. The van der Waals surface area contributed by atoms with Gasteiger partial charge in [-0.05, 0) is 17.7 Å². The molecular weight excluding hydrogens is 508 g/mol. The van der Waals surface area contributed by atoms with Gasteiger partial charge in [-0.15, -0.1) is 0 Å². The number of fused-ring (bicyclic) bond motifs is 1. The summed E-state index contributed by atoms with van der Waals surface area (Å²) in [7, 11) is 1.41. The van der Waals surface area contributed by atoms with E-state index >= 15 is 0 Å². The Balaban J connectivity index is 1.49. The first-order chi connectivity index (χ1) is 18.1. The largest absolute Gasteiger partial charge is 0.507 e. The molecule has 2 heterocycles. The molecule has 1 fully saturated rings. The average Bonchev–Trinajstić information content (AvgIpc) is 2.88. The van der Waals surface area contributed by atoms with Gasteiger partial charge >= 0.3 is 11.9 Å². The number of ether oxygens (including phenoxy) is 4. The molecule has 0 aliphatic carbocycles. The van der Waals surface area contributed by atoms with Crippen LogP contribution in [-0.2, 0) is 19.1 Å². The number of carbonyl (C=O) groups excluding carboxylic acids is 1. The fraction of sp³-hybridized carbons (Fsp3) is 0.320. The number of hydrogen-bond donors (Lipinski definition) is 5. The van der Waals surface area contributed by atoms with Crippen LogP contribution < -0.4 is 14.9 Å². The highest BCUT2D eigenvalue weighted by atomic mass is 16.7. The summed E-state index contributed by atoms with van der Waals surface area (Å²) in [5, 5.41) is 49.5. The van der Waals surface area contributed by atoms with Gasteiger partial charge < -0.3 is 48.9 Å². The van der Waals surface area contributed by atoms with Crippen LogP contribution in [0.2, 0.25) is 0 Å². The number of methoxy groups -OCH3 is 1. The van der Waals surface area contributed by atoms with E-state index in [1.807, 2.05) is 0 Å². The summed E-state index contributed by atoms with van der Waals surface area (Å²) in [6, 6.07) is 8.68. The highest BCUT2D eigenvalue weighted by molar-refractivity contribution is 5.90. The summed E-state index contributed by atoms with van der Waals surface area (Å²) in [5.41, 5.74) is 0.235. The molecule has 4 rings (SSSR count). The molecule has 1 saturated heterocycles. The average molecular weight is 532 g/mol. The molecule has 2 aromatic carbocycles. The maximum atomic E-state index is 13.0. The van der Waals surface area contributed by atoms with Gasteiger partial charge in [0.15, 0.2) is 0 Å². The number of hydrogen-bond acceptors (Lipinski definition) is 12. The first kappa shape index (κ1) is 26.9. The van der Waals surface area contributed by atoms with Gasteiger partial charge in [0.2, 0.25) is 11.7 Å². The molecule has 202 valence electrons. The molecule has 1 aromatic heterocycles. The molecule has 5 N–H and O–H groups in total. The molecule has 13 nitrogen and oxygen atoms in total. The monoisotopic (exact) mass is 532 g/mol. The molecular formula is C25H24O13. The molecule has 5 atom stereocenters. The molecule has 1 aliphatic heterocycles. The Bertz CT molecular complexity index is 1380. The standard InChI is InChI=1S/C25H24O13/c1-34-13-6-15(26)20-16(7-13)35-9-14(21(20)30)11-2-4-12(5-3-11)37-25-24(33)23(32)22(31)17(38-25)10-36-19(29)8-18(27)28/h2-7,9,17,22-26,31-33H,8,10H2,1H3,(H,27,28)/t17-,22-,23+,24-,25-/m1/s1. The van der Waals surface area contributed by atoms with Gasteiger partial charge in [-0.3, -0.25) is 14.4 Å². The van der Waals surface area contributed by atoms with E-state index in [4.69, 9.17) is 28.5 Å². The Morgan fingerprint density at radius 2 is 1.71 bits per heavy atom. The smallest absolute Gasteiger partial charge is 0.317 e. The fourth-order valence-electron chi connectivity index (χ4n) is 3.87. The van der Waals surface area contributed by atoms with Gasteiger partial charge in [0.25, 0.3) is 0 Å². The van der Waals surface area contributed by atoms with Crippen molar-refractivity contribution >= 4 is 22.9 Å². The number of aliphatic hydroxyl groups is 3. The van der Waals surface area contributed by atoms with E-state index < -0.39 is 61.1 Å². The summed E-state index contributed by atoms with van der Waals surface area (Å²) < 4.78 is 26.4. The predicted molar refractivity (Wildman–Crippen MR) is 127 cm³/mol. The first-order valence-electron chi connectivity index (χ1n) is 11.3. The number of aromatic hydroxyl groups is 1. The zero-order valence-corrected chi connectivity index (χ0v) is 19.8. The number of aliphatic carboxylic acids is 1. The first-order valence-corrected chi connectivity index (χ1v) is 11.3. The van der Waals surface area contributed by atoms with E-state index in [-0.39, 0.29) is 28.0 Å². The van der Waals surface area contributed by atoms with Crippen molar-refractivity contribution in [3.8, 4) is 28.4 Å². The minimum atomic E-state index is -1.72. The minimum absolute atomic E-state index is 0.0232. The molecule has 38 heavy (non-hydrogen) atoms. The third kappa shape index (κ3) is 5.55. The Labute approximate surface area is 214 Å². The molecule has 0 unspecified atom stereocenters. The van der Waals surface area contributed by atoms with Gasteiger partial charge in [-0.2, -0.15) is 0 Å². The number of carboxylic acid groups (broad SMARTS) is 1. The number of carbonyl (C=O) groups is 2. The van der Waals surface area contributed by atoms with Crippen molar-refractivity contribution in [1.29, 1.82) is 0 Å². The maximum Gasteiger partial charge on any atom is 0.317 e. The second-order valence-electron chi connectivity index (χ2n) is 8.41. The minimum Gasteiger partial charge on any atom is -0.507 e. The molecule has 0 saturated carbocycles. The number of rotatable bonds is 8. The molecule has 0 bridgehead atoms. The molecule has 13 heteroatoms. The lowest BCUT2D eigenvalue weighted by molar-refractivity contribution is -0.278. The van der Waals surface area contributed by atoms with Crippen molar-refractivity contribution in [2.45, 2.75) is 37.1 Å². The van der Waals surface area contributed by atoms with Crippen LogP contribution in [-0.4, -0.2) is 81.9 Å². The summed E-state index contributed by atoms with van der Waals surface area (Å²) in [6.07, 6.45) is -7.50. The molecule has 0 amide bonds. The van der Waals surface area contributed by atoms with Crippen molar-refractivity contribution in [2.24, 2.45) is 0 Å². The summed E-state index contributed by atoms with van der Waals surface area (Å²) in [4.78, 5) is 35.1. The van der Waals surface area contributed by atoms with Crippen LogP contribution in [0.25, 0.3) is 22.1 Å². The van der Waals surface area contributed by atoms with Crippen LogP contribution in [0.5, 0.6) is 17.2 Å². The van der Waals surface area contributed by atoms with Crippen molar-refractivity contribution in [2.75, 3.05) is 13.7 Å². The van der Waals surface area contributed by atoms with Crippen LogP contribution in [0.4, 0.5) is 0 Å². The SMILES string of the molecule is COc1cc(O)c2c(=O)c(-c3ccc(O[C@@H]4O[C@H](COC(=O)CC(=O)O)[C@@H](O)[C@H](O)[C@H]4O)cc3)coc2c1. The van der Waals surface area contributed by atoms with Crippen LogP contribution >= 0.6 is 0 Å². The lowest BCUT2D eigenvalue weighted by atomic mass is 9.99. The van der Waals surface area contributed by atoms with Gasteiger partial charge in [-0.25, -0.2) is 0 Å². The van der Waals surface area contributed by atoms with Gasteiger partial charge in [0.1, 0.15) is 71.9 Å². The number of aliphatic hydroxyl groups excluding tert-OH is 3. The van der Waals surface area contributed by atoms with Crippen LogP contribution in [0.15, 0.2) is 51.9 Å². The van der Waals surface area contributed by atoms with E-state index in [0.717, 1.165) is 0 Å². The lowest BCUT2D eigenvalue weighted by Crippen LogP contribution is -2.60. The number of carboxylic acids is 1. The number of phenolic OH excluding ortho intramolecular Hbond substituents is 1. The van der Waals surface area contributed by atoms with Crippen LogP contribution in [0, 0.1) is 0 Å². The van der Waals surface area contributed by atoms with Crippen LogP contribution in [0.1, 0.15) is 6.42 Å². The highest BCUT2D eigenvalue weighted by Crippen LogP contribution is 2.31. The summed E-state index contributed by atoms with van der Waals surface area (Å²) in [6.45, 7) is -0.591. The quantitative estimate of drug-likeness (QED) is 0.197. The topological polar surface area (TPSA) is 202 Å². The predicted octanol–water partition coefficient (Wildman–Crippen LogP) is 0.378. The Hall–Kier alpha value is -4.17. The van der Waals surface area contributed by atoms with Crippen LogP contribution in [0.3, 0.4) is 0 Å². The number of esters is 1. The fourth-order valence-corrected chi connectivity index (χ4v) is 3.87. The summed E-state index contributed by atoms with van der Waals surface area (Å²) >= 11 is 0. The third-order valence-electron chi connectivity index (χ3n) is 5.86. The zero-order chi connectivity index (χ0) is 27.6. The van der Waals surface area contributed by atoms with Crippen molar-refractivity contribution < 1.29 is 58.5 Å². The second kappa shape index (κ2) is 11.1. The molecule has 3 aromatic rings. The Kier molecular flexibility index (Phi) is 7.83. The normalized spacial score (nSPS) is 23.1. The van der Waals surface area contributed by atoms with E-state index in [2.05, 4.69) is 0 Å².